The number of amides is 1. The lowest BCUT2D eigenvalue weighted by molar-refractivity contribution is -0.386. The SMILES string of the molecule is Cc1nn(CC(=O)OCC(=O)N[C@@H](C)CCc2ccccc2)c(C)c1[N+](=O)[O-]. The Labute approximate surface area is 162 Å². The molecule has 1 heterocycles. The standard InChI is InChI=1S/C19H24N4O5/c1-13(9-10-16-7-5-4-6-8-16)20-17(24)12-28-18(25)11-22-15(3)19(23(26)27)14(2)21-22/h4-8,13H,9-12H2,1-3H3,(H,20,24)/t13-/m0/s1. The fourth-order valence-corrected chi connectivity index (χ4v) is 2.84. The molecule has 1 aromatic carbocycles. The van der Waals surface area contributed by atoms with E-state index in [-0.39, 0.29) is 29.7 Å². The third-order valence-electron chi connectivity index (χ3n) is 4.29. The molecule has 1 N–H and O–H groups in total. The Morgan fingerprint density at radius 1 is 1.29 bits per heavy atom. The average molecular weight is 388 g/mol. The number of benzene rings is 1. The van der Waals surface area contributed by atoms with Crippen LogP contribution in [0.4, 0.5) is 5.69 Å². The molecule has 0 saturated heterocycles. The number of nitro groups is 1. The van der Waals surface area contributed by atoms with Crippen molar-refractivity contribution in [2.45, 2.75) is 46.2 Å². The largest absolute Gasteiger partial charge is 0.454 e. The minimum absolute atomic E-state index is 0.0648. The van der Waals surface area contributed by atoms with Gasteiger partial charge in [0.05, 0.1) is 4.92 Å². The summed E-state index contributed by atoms with van der Waals surface area (Å²) in [4.78, 5) is 34.3. The van der Waals surface area contributed by atoms with Gasteiger partial charge in [-0.05, 0) is 39.2 Å². The summed E-state index contributed by atoms with van der Waals surface area (Å²) >= 11 is 0. The number of esters is 1. The first-order chi connectivity index (χ1) is 13.3. The van der Waals surface area contributed by atoms with Gasteiger partial charge in [-0.2, -0.15) is 5.10 Å². The summed E-state index contributed by atoms with van der Waals surface area (Å²) in [5.74, 6) is -1.08. The van der Waals surface area contributed by atoms with Crippen molar-refractivity contribution < 1.29 is 19.2 Å². The highest BCUT2D eigenvalue weighted by Crippen LogP contribution is 2.21. The van der Waals surface area contributed by atoms with E-state index >= 15 is 0 Å². The van der Waals surface area contributed by atoms with Crippen LogP contribution in [0.5, 0.6) is 0 Å². The van der Waals surface area contributed by atoms with Crippen LogP contribution in [0.15, 0.2) is 30.3 Å². The van der Waals surface area contributed by atoms with Crippen molar-refractivity contribution >= 4 is 17.6 Å². The van der Waals surface area contributed by atoms with Crippen LogP contribution < -0.4 is 5.32 Å². The first kappa shape index (κ1) is 21.1. The predicted octanol–water partition coefficient (Wildman–Crippen LogP) is 2.09. The number of aryl methyl sites for hydroxylation is 2. The van der Waals surface area contributed by atoms with E-state index in [2.05, 4.69) is 10.4 Å². The molecule has 1 aromatic heterocycles. The number of nitrogens with one attached hydrogen (secondary N) is 1. The number of carbonyl (C=O) groups excluding carboxylic acids is 2. The first-order valence-corrected chi connectivity index (χ1v) is 8.95. The lowest BCUT2D eigenvalue weighted by Crippen LogP contribution is -2.36. The van der Waals surface area contributed by atoms with Gasteiger partial charge in [0.15, 0.2) is 6.61 Å². The van der Waals surface area contributed by atoms with Gasteiger partial charge in [-0.3, -0.25) is 24.4 Å². The first-order valence-electron chi connectivity index (χ1n) is 8.95. The van der Waals surface area contributed by atoms with E-state index in [1.807, 2.05) is 37.3 Å². The lowest BCUT2D eigenvalue weighted by Gasteiger charge is -2.14. The van der Waals surface area contributed by atoms with Crippen molar-refractivity contribution in [3.05, 3.63) is 57.4 Å². The van der Waals surface area contributed by atoms with Crippen LogP contribution in [0.25, 0.3) is 0 Å². The Kier molecular flexibility index (Phi) is 7.25. The minimum atomic E-state index is -0.687. The molecule has 2 rings (SSSR count). The third-order valence-corrected chi connectivity index (χ3v) is 4.29. The van der Waals surface area contributed by atoms with Crippen LogP contribution in [0, 0.1) is 24.0 Å². The van der Waals surface area contributed by atoms with Gasteiger partial charge in [-0.1, -0.05) is 30.3 Å². The van der Waals surface area contributed by atoms with Crippen LogP contribution in [-0.4, -0.2) is 39.2 Å². The number of carbonyl (C=O) groups is 2. The smallest absolute Gasteiger partial charge is 0.328 e. The average Bonchev–Trinajstić information content (AvgIpc) is 2.92. The third kappa shape index (κ3) is 5.90. The number of ether oxygens (including phenoxy) is 1. The van der Waals surface area contributed by atoms with Crippen LogP contribution in [0.1, 0.15) is 30.3 Å². The van der Waals surface area contributed by atoms with Crippen molar-refractivity contribution in [3.8, 4) is 0 Å². The summed E-state index contributed by atoms with van der Waals surface area (Å²) in [6.45, 7) is 4.19. The molecule has 9 nitrogen and oxygen atoms in total. The Morgan fingerprint density at radius 3 is 2.57 bits per heavy atom. The Morgan fingerprint density at radius 2 is 1.96 bits per heavy atom. The van der Waals surface area contributed by atoms with Crippen LogP contribution in [0.3, 0.4) is 0 Å². The molecule has 1 amide bonds. The maximum absolute atomic E-state index is 11.9. The second-order valence-electron chi connectivity index (χ2n) is 6.59. The number of aromatic nitrogens is 2. The van der Waals surface area contributed by atoms with Gasteiger partial charge in [0.25, 0.3) is 5.91 Å². The second-order valence-corrected chi connectivity index (χ2v) is 6.59. The van der Waals surface area contributed by atoms with E-state index in [4.69, 9.17) is 4.74 Å². The van der Waals surface area contributed by atoms with Gasteiger partial charge in [0.2, 0.25) is 0 Å². The molecule has 0 spiro atoms. The summed E-state index contributed by atoms with van der Waals surface area (Å²) in [7, 11) is 0. The zero-order chi connectivity index (χ0) is 20.7. The van der Waals surface area contributed by atoms with E-state index < -0.39 is 23.4 Å². The van der Waals surface area contributed by atoms with E-state index in [9.17, 15) is 19.7 Å². The molecule has 0 fully saturated rings. The van der Waals surface area contributed by atoms with E-state index in [1.165, 1.54) is 24.1 Å². The molecule has 0 aliphatic carbocycles. The predicted molar refractivity (Wildman–Crippen MR) is 102 cm³/mol. The fourth-order valence-electron chi connectivity index (χ4n) is 2.84. The maximum Gasteiger partial charge on any atom is 0.328 e. The van der Waals surface area contributed by atoms with Gasteiger partial charge in [-0.25, -0.2) is 0 Å². The van der Waals surface area contributed by atoms with Crippen molar-refractivity contribution in [2.24, 2.45) is 0 Å². The molecule has 0 aliphatic rings. The van der Waals surface area contributed by atoms with Gasteiger partial charge in [0, 0.05) is 6.04 Å². The van der Waals surface area contributed by atoms with Crippen LogP contribution in [-0.2, 0) is 27.3 Å². The topological polar surface area (TPSA) is 116 Å². The molecule has 1 atom stereocenters. The van der Waals surface area contributed by atoms with E-state index in [0.717, 1.165) is 12.8 Å². The quantitative estimate of drug-likeness (QED) is 0.399. The zero-order valence-corrected chi connectivity index (χ0v) is 16.2. The van der Waals surface area contributed by atoms with E-state index in [1.54, 1.807) is 0 Å². The van der Waals surface area contributed by atoms with E-state index in [0.29, 0.717) is 0 Å². The molecule has 28 heavy (non-hydrogen) atoms. The molecule has 0 aliphatic heterocycles. The molecular formula is C19H24N4O5. The molecule has 0 unspecified atom stereocenters. The molecule has 9 heteroatoms. The number of rotatable bonds is 9. The maximum atomic E-state index is 11.9. The minimum Gasteiger partial charge on any atom is -0.454 e. The number of hydrogen-bond acceptors (Lipinski definition) is 6. The monoisotopic (exact) mass is 388 g/mol. The highest BCUT2D eigenvalue weighted by atomic mass is 16.6. The van der Waals surface area contributed by atoms with Gasteiger partial charge in [-0.15, -0.1) is 0 Å². The van der Waals surface area contributed by atoms with Gasteiger partial charge >= 0.3 is 11.7 Å². The van der Waals surface area contributed by atoms with Crippen molar-refractivity contribution in [1.82, 2.24) is 15.1 Å². The zero-order valence-electron chi connectivity index (χ0n) is 16.2. The Bertz CT molecular complexity index is 848. The molecular weight excluding hydrogens is 364 g/mol. The van der Waals surface area contributed by atoms with Crippen LogP contribution in [0.2, 0.25) is 0 Å². The Balaban J connectivity index is 1.75. The molecule has 2 aromatic rings. The Hall–Kier alpha value is -3.23. The molecule has 150 valence electrons. The molecule has 0 radical (unpaired) electrons. The highest BCUT2D eigenvalue weighted by molar-refractivity contribution is 5.80. The fraction of sp³-hybridized carbons (Fsp3) is 0.421. The molecule has 0 bridgehead atoms. The van der Waals surface area contributed by atoms with Crippen molar-refractivity contribution in [2.75, 3.05) is 6.61 Å². The number of hydrogen-bond donors (Lipinski definition) is 1. The summed E-state index contributed by atoms with van der Waals surface area (Å²) in [6, 6.07) is 9.88. The van der Waals surface area contributed by atoms with Crippen LogP contribution >= 0.6 is 0 Å². The van der Waals surface area contributed by atoms with Crippen molar-refractivity contribution in [1.29, 1.82) is 0 Å². The summed E-state index contributed by atoms with van der Waals surface area (Å²) < 4.78 is 6.16. The van der Waals surface area contributed by atoms with Crippen molar-refractivity contribution in [3.63, 3.8) is 0 Å². The van der Waals surface area contributed by atoms with Gasteiger partial charge in [0.1, 0.15) is 17.9 Å². The summed E-state index contributed by atoms with van der Waals surface area (Å²) in [5.41, 5.74) is 1.55. The summed E-state index contributed by atoms with van der Waals surface area (Å²) in [5, 5.41) is 17.7. The second kappa shape index (κ2) is 9.63. The normalized spacial score (nSPS) is 11.7. The highest BCUT2D eigenvalue weighted by Gasteiger charge is 2.23. The number of nitrogens with zero attached hydrogens (tertiary/aromatic N) is 3. The molecule has 0 saturated carbocycles. The summed E-state index contributed by atoms with van der Waals surface area (Å²) in [6.07, 6.45) is 1.60. The van der Waals surface area contributed by atoms with Gasteiger partial charge < -0.3 is 10.1 Å². The lowest BCUT2D eigenvalue weighted by atomic mass is 10.1.